The van der Waals surface area contributed by atoms with Crippen LogP contribution >= 0.6 is 0 Å². The standard InChI is InChI=1S/C30H27FN6O5S/c1-41-28-27(43(39,40)35-26-5-3-2-4-24(26)31)17-20(18-33-28)19-6-11-25-23(16-19)29(38)37(30(32)34-25)22-9-7-21(8-10-22)36-12-14-42-15-13-36/h2-11,16-18,35H,12-15H2,1H3,(H2,32,34). The number of halogens is 1. The Balaban J connectivity index is 1.39. The molecular formula is C30H27FN6O5S. The lowest BCUT2D eigenvalue weighted by Gasteiger charge is -2.29. The molecule has 0 amide bonds. The Hall–Kier alpha value is -5.01. The summed E-state index contributed by atoms with van der Waals surface area (Å²) < 4.78 is 54.9. The summed E-state index contributed by atoms with van der Waals surface area (Å²) in [7, 11) is -3.02. The van der Waals surface area contributed by atoms with Crippen molar-refractivity contribution in [2.45, 2.75) is 4.90 Å². The number of methoxy groups -OCH3 is 1. The zero-order chi connectivity index (χ0) is 30.1. The van der Waals surface area contributed by atoms with Crippen molar-refractivity contribution in [3.05, 3.63) is 95.2 Å². The van der Waals surface area contributed by atoms with Crippen LogP contribution in [0.2, 0.25) is 0 Å². The fourth-order valence-corrected chi connectivity index (χ4v) is 6.16. The highest BCUT2D eigenvalue weighted by atomic mass is 32.2. The maximum atomic E-state index is 14.2. The molecule has 11 nitrogen and oxygen atoms in total. The first kappa shape index (κ1) is 28.1. The lowest BCUT2D eigenvalue weighted by Crippen LogP contribution is -2.36. The molecule has 13 heteroatoms. The minimum atomic E-state index is -4.30. The number of nitrogens with two attached hydrogens (primary N) is 1. The van der Waals surface area contributed by atoms with Crippen molar-refractivity contribution in [2.75, 3.05) is 48.8 Å². The van der Waals surface area contributed by atoms with Crippen LogP contribution in [0.3, 0.4) is 0 Å². The molecule has 0 atom stereocenters. The fourth-order valence-electron chi connectivity index (χ4n) is 4.95. The normalized spacial score (nSPS) is 13.7. The number of morpholine rings is 1. The van der Waals surface area contributed by atoms with Crippen LogP contribution in [0.1, 0.15) is 0 Å². The van der Waals surface area contributed by atoms with Crippen LogP contribution in [0.25, 0.3) is 27.7 Å². The molecule has 3 aromatic carbocycles. The van der Waals surface area contributed by atoms with Crippen LogP contribution in [-0.2, 0) is 14.8 Å². The zero-order valence-electron chi connectivity index (χ0n) is 23.0. The van der Waals surface area contributed by atoms with Gasteiger partial charge in [-0.05, 0) is 60.2 Å². The van der Waals surface area contributed by atoms with Crippen molar-refractivity contribution in [3.8, 4) is 22.7 Å². The predicted octanol–water partition coefficient (Wildman–Crippen LogP) is 3.82. The van der Waals surface area contributed by atoms with Gasteiger partial charge in [0.2, 0.25) is 11.8 Å². The Morgan fingerprint density at radius 1 is 0.977 bits per heavy atom. The average molecular weight is 603 g/mol. The first-order valence-corrected chi connectivity index (χ1v) is 14.8. The van der Waals surface area contributed by atoms with E-state index < -0.39 is 15.8 Å². The first-order valence-electron chi connectivity index (χ1n) is 13.3. The summed E-state index contributed by atoms with van der Waals surface area (Å²) in [5.41, 5.74) is 8.44. The summed E-state index contributed by atoms with van der Waals surface area (Å²) in [5.74, 6) is -0.878. The number of ether oxygens (including phenoxy) is 2. The van der Waals surface area contributed by atoms with Crippen LogP contribution in [0.4, 0.5) is 21.7 Å². The van der Waals surface area contributed by atoms with Crippen LogP contribution in [0, 0.1) is 5.82 Å². The van der Waals surface area contributed by atoms with Crippen molar-refractivity contribution in [1.29, 1.82) is 0 Å². The van der Waals surface area contributed by atoms with E-state index in [0.29, 0.717) is 35.5 Å². The third-order valence-electron chi connectivity index (χ3n) is 7.13. The number of pyridine rings is 1. The van der Waals surface area contributed by atoms with E-state index in [2.05, 4.69) is 19.6 Å². The van der Waals surface area contributed by atoms with Gasteiger partial charge in [-0.3, -0.25) is 9.52 Å². The second kappa shape index (κ2) is 11.3. The van der Waals surface area contributed by atoms with Gasteiger partial charge in [0.1, 0.15) is 10.7 Å². The quantitative estimate of drug-likeness (QED) is 0.284. The van der Waals surface area contributed by atoms with E-state index in [1.165, 1.54) is 42.1 Å². The number of hydrogen-bond acceptors (Lipinski definition) is 9. The Morgan fingerprint density at radius 3 is 2.42 bits per heavy atom. The topological polar surface area (TPSA) is 142 Å². The number of nitrogen functional groups attached to an aromatic ring is 1. The third-order valence-corrected chi connectivity index (χ3v) is 8.49. The molecule has 3 heterocycles. The molecule has 220 valence electrons. The van der Waals surface area contributed by atoms with Crippen LogP contribution in [0.5, 0.6) is 5.88 Å². The molecule has 0 bridgehead atoms. The van der Waals surface area contributed by atoms with Gasteiger partial charge in [-0.25, -0.2) is 27.3 Å². The van der Waals surface area contributed by atoms with Gasteiger partial charge in [-0.15, -0.1) is 0 Å². The average Bonchev–Trinajstić information content (AvgIpc) is 3.02. The van der Waals surface area contributed by atoms with Crippen LogP contribution in [0.15, 0.2) is 88.7 Å². The molecule has 1 aliphatic heterocycles. The molecule has 0 aliphatic carbocycles. The van der Waals surface area contributed by atoms with Gasteiger partial charge in [0.05, 0.1) is 42.6 Å². The van der Waals surface area contributed by atoms with Crippen molar-refractivity contribution >= 4 is 38.2 Å². The molecule has 2 aromatic heterocycles. The molecule has 3 N–H and O–H groups in total. The number of aromatic nitrogens is 3. The number of hydrogen-bond donors (Lipinski definition) is 2. The summed E-state index contributed by atoms with van der Waals surface area (Å²) in [5, 5.41) is 0.272. The number of para-hydroxylation sites is 1. The van der Waals surface area contributed by atoms with Gasteiger partial charge in [-0.2, -0.15) is 0 Å². The highest BCUT2D eigenvalue weighted by Gasteiger charge is 2.24. The summed E-state index contributed by atoms with van der Waals surface area (Å²) in [6, 6.07) is 19.1. The summed E-state index contributed by atoms with van der Waals surface area (Å²) >= 11 is 0. The number of nitrogens with one attached hydrogen (secondary N) is 1. The summed E-state index contributed by atoms with van der Waals surface area (Å²) in [6.07, 6.45) is 1.43. The highest BCUT2D eigenvalue weighted by Crippen LogP contribution is 2.31. The largest absolute Gasteiger partial charge is 0.480 e. The lowest BCUT2D eigenvalue weighted by atomic mass is 10.1. The van der Waals surface area contributed by atoms with Crippen LogP contribution in [-0.4, -0.2) is 56.4 Å². The second-order valence-corrected chi connectivity index (χ2v) is 11.4. The highest BCUT2D eigenvalue weighted by molar-refractivity contribution is 7.92. The first-order chi connectivity index (χ1) is 20.7. The van der Waals surface area contributed by atoms with Gasteiger partial charge in [0.15, 0.2) is 0 Å². The fraction of sp³-hybridized carbons (Fsp3) is 0.167. The maximum Gasteiger partial charge on any atom is 0.267 e. The molecule has 0 radical (unpaired) electrons. The van der Waals surface area contributed by atoms with Gasteiger partial charge >= 0.3 is 0 Å². The molecule has 1 fully saturated rings. The zero-order valence-corrected chi connectivity index (χ0v) is 23.8. The third kappa shape index (κ3) is 5.47. The molecule has 1 saturated heterocycles. The van der Waals surface area contributed by atoms with Gasteiger partial charge in [-0.1, -0.05) is 18.2 Å². The van der Waals surface area contributed by atoms with Crippen molar-refractivity contribution in [2.24, 2.45) is 0 Å². The number of fused-ring (bicyclic) bond motifs is 1. The number of sulfonamides is 1. The molecule has 5 aromatic rings. The lowest BCUT2D eigenvalue weighted by molar-refractivity contribution is 0.122. The van der Waals surface area contributed by atoms with E-state index in [1.807, 2.05) is 24.3 Å². The molecule has 43 heavy (non-hydrogen) atoms. The van der Waals surface area contributed by atoms with E-state index in [0.717, 1.165) is 24.8 Å². The summed E-state index contributed by atoms with van der Waals surface area (Å²) in [4.78, 5) is 24.2. The molecule has 6 rings (SSSR count). The minimum absolute atomic E-state index is 0.0306. The Labute approximate surface area is 246 Å². The molecule has 0 spiro atoms. The van der Waals surface area contributed by atoms with Gasteiger partial charge in [0, 0.05) is 30.5 Å². The predicted molar refractivity (Wildman–Crippen MR) is 162 cm³/mol. The SMILES string of the molecule is COc1ncc(-c2ccc3nc(N)n(-c4ccc(N5CCOCC5)cc4)c(=O)c3c2)cc1S(=O)(=O)Nc1ccccc1F. The van der Waals surface area contributed by atoms with E-state index >= 15 is 0 Å². The Bertz CT molecular complexity index is 1990. The number of benzene rings is 3. The molecular weight excluding hydrogens is 575 g/mol. The number of anilines is 3. The summed E-state index contributed by atoms with van der Waals surface area (Å²) in [6.45, 7) is 2.88. The Kier molecular flexibility index (Phi) is 7.42. The second-order valence-electron chi connectivity index (χ2n) is 9.78. The smallest absolute Gasteiger partial charge is 0.267 e. The van der Waals surface area contributed by atoms with E-state index in [4.69, 9.17) is 15.2 Å². The van der Waals surface area contributed by atoms with Crippen molar-refractivity contribution < 1.29 is 22.3 Å². The minimum Gasteiger partial charge on any atom is -0.480 e. The monoisotopic (exact) mass is 602 g/mol. The van der Waals surface area contributed by atoms with Gasteiger partial charge < -0.3 is 20.1 Å². The maximum absolute atomic E-state index is 14.2. The molecule has 0 unspecified atom stereocenters. The van der Waals surface area contributed by atoms with Crippen molar-refractivity contribution in [1.82, 2.24) is 14.5 Å². The van der Waals surface area contributed by atoms with E-state index in [1.54, 1.807) is 18.2 Å². The molecule has 1 aliphatic rings. The van der Waals surface area contributed by atoms with Gasteiger partial charge in [0.25, 0.3) is 15.6 Å². The number of nitrogens with zero attached hydrogens (tertiary/aromatic N) is 4. The van der Waals surface area contributed by atoms with E-state index in [9.17, 15) is 17.6 Å². The molecule has 0 saturated carbocycles. The van der Waals surface area contributed by atoms with E-state index in [-0.39, 0.29) is 33.4 Å². The Morgan fingerprint density at radius 2 is 1.70 bits per heavy atom. The van der Waals surface area contributed by atoms with Crippen molar-refractivity contribution in [3.63, 3.8) is 0 Å². The number of rotatable bonds is 7. The van der Waals surface area contributed by atoms with Crippen LogP contribution < -0.4 is 25.7 Å².